The summed E-state index contributed by atoms with van der Waals surface area (Å²) in [4.78, 5) is 24.3. The fourth-order valence-electron chi connectivity index (χ4n) is 6.39. The minimum Gasteiger partial charge on any atom is -0.468 e. The van der Waals surface area contributed by atoms with E-state index in [1.807, 2.05) is 0 Å². The third-order valence-corrected chi connectivity index (χ3v) is 7.59. The van der Waals surface area contributed by atoms with Gasteiger partial charge < -0.3 is 9.47 Å². The van der Waals surface area contributed by atoms with Gasteiger partial charge in [0.25, 0.3) is 0 Å². The molecule has 4 rings (SSSR count). The van der Waals surface area contributed by atoms with Crippen LogP contribution in [-0.2, 0) is 19.1 Å². The molecule has 134 valence electrons. The number of hydrogen-bond acceptors (Lipinski definition) is 4. The van der Waals surface area contributed by atoms with E-state index < -0.39 is 11.9 Å². The van der Waals surface area contributed by atoms with Crippen LogP contribution >= 0.6 is 0 Å². The largest absolute Gasteiger partial charge is 0.468 e. The van der Waals surface area contributed by atoms with E-state index >= 15 is 0 Å². The molecule has 0 heterocycles. The van der Waals surface area contributed by atoms with E-state index in [1.54, 1.807) is 6.92 Å². The van der Waals surface area contributed by atoms with Crippen molar-refractivity contribution in [2.45, 2.75) is 64.4 Å². The van der Waals surface area contributed by atoms with E-state index in [4.69, 9.17) is 9.47 Å². The first-order chi connectivity index (χ1) is 11.6. The maximum absolute atomic E-state index is 12.6. The van der Waals surface area contributed by atoms with Crippen LogP contribution in [0.3, 0.4) is 0 Å². The van der Waals surface area contributed by atoms with E-state index in [-0.39, 0.29) is 12.1 Å². The molecule has 7 unspecified atom stereocenters. The lowest BCUT2D eigenvalue weighted by molar-refractivity contribution is -0.169. The highest BCUT2D eigenvalue weighted by Crippen LogP contribution is 2.56. The van der Waals surface area contributed by atoms with Gasteiger partial charge in [-0.25, -0.2) is 0 Å². The zero-order valence-electron chi connectivity index (χ0n) is 14.9. The van der Waals surface area contributed by atoms with Gasteiger partial charge in [-0.3, -0.25) is 9.59 Å². The minimum absolute atomic E-state index is 0.0372. The van der Waals surface area contributed by atoms with Crippen molar-refractivity contribution in [2.75, 3.05) is 7.11 Å². The van der Waals surface area contributed by atoms with Gasteiger partial charge in [0, 0.05) is 0 Å². The monoisotopic (exact) mass is 334 g/mol. The third-order valence-electron chi connectivity index (χ3n) is 7.59. The molecule has 4 aliphatic carbocycles. The predicted molar refractivity (Wildman–Crippen MR) is 88.9 cm³/mol. The summed E-state index contributed by atoms with van der Waals surface area (Å²) in [6.45, 7) is 1.60. The van der Waals surface area contributed by atoms with Gasteiger partial charge in [-0.05, 0) is 81.0 Å². The molecule has 0 aromatic carbocycles. The summed E-state index contributed by atoms with van der Waals surface area (Å²) < 4.78 is 10.8. The molecule has 4 heteroatoms. The number of methoxy groups -OCH3 is 1. The average molecular weight is 334 g/mol. The molecule has 4 aliphatic rings. The van der Waals surface area contributed by atoms with E-state index in [2.05, 4.69) is 0 Å². The quantitative estimate of drug-likeness (QED) is 0.569. The van der Waals surface area contributed by atoms with Crippen molar-refractivity contribution < 1.29 is 19.1 Å². The summed E-state index contributed by atoms with van der Waals surface area (Å²) in [6.07, 6.45) is 10.5. The molecule has 0 aliphatic heterocycles. The Morgan fingerprint density at radius 1 is 0.833 bits per heavy atom. The topological polar surface area (TPSA) is 52.6 Å². The Bertz CT molecular complexity index is 488. The minimum atomic E-state index is -0.810. The predicted octanol–water partition coefficient (Wildman–Crippen LogP) is 3.58. The van der Waals surface area contributed by atoms with Gasteiger partial charge in [0.2, 0.25) is 0 Å². The third kappa shape index (κ3) is 2.76. The van der Waals surface area contributed by atoms with Crippen LogP contribution in [0.15, 0.2) is 0 Å². The lowest BCUT2D eigenvalue weighted by atomic mass is 9.74. The van der Waals surface area contributed by atoms with Crippen LogP contribution in [0.5, 0.6) is 0 Å². The highest BCUT2D eigenvalue weighted by molar-refractivity contribution is 5.94. The van der Waals surface area contributed by atoms with Gasteiger partial charge in [0.15, 0.2) is 5.92 Å². The highest BCUT2D eigenvalue weighted by atomic mass is 16.6. The zero-order valence-corrected chi connectivity index (χ0v) is 14.9. The van der Waals surface area contributed by atoms with Crippen LogP contribution < -0.4 is 0 Å². The summed E-state index contributed by atoms with van der Waals surface area (Å²) in [7, 11) is 1.33. The van der Waals surface area contributed by atoms with Crippen LogP contribution in [0.4, 0.5) is 0 Å². The number of carbonyl (C=O) groups is 2. The summed E-state index contributed by atoms with van der Waals surface area (Å²) >= 11 is 0. The van der Waals surface area contributed by atoms with E-state index in [9.17, 15) is 9.59 Å². The second kappa shape index (κ2) is 6.34. The van der Waals surface area contributed by atoms with E-state index in [1.165, 1.54) is 58.5 Å². The SMILES string of the molecule is COC(=O)C(C)C(=O)OC(C1CC2CCC1C2)C1CC2CCC1C2. The molecule has 0 radical (unpaired) electrons. The number of ether oxygens (including phenoxy) is 2. The van der Waals surface area contributed by atoms with Gasteiger partial charge >= 0.3 is 11.9 Å². The normalized spacial score (nSPS) is 42.1. The molecule has 0 amide bonds. The van der Waals surface area contributed by atoms with Crippen molar-refractivity contribution in [2.24, 2.45) is 41.4 Å². The second-order valence-corrected chi connectivity index (χ2v) is 8.82. The first-order valence-corrected chi connectivity index (χ1v) is 9.85. The molecule has 4 nitrogen and oxygen atoms in total. The molecule has 4 fully saturated rings. The van der Waals surface area contributed by atoms with E-state index in [0.29, 0.717) is 11.8 Å². The summed E-state index contributed by atoms with van der Waals surface area (Å²) in [5, 5.41) is 0. The molecule has 0 saturated heterocycles. The zero-order chi connectivity index (χ0) is 16.8. The van der Waals surface area contributed by atoms with Crippen molar-refractivity contribution in [3.8, 4) is 0 Å². The number of carbonyl (C=O) groups excluding carboxylic acids is 2. The Kier molecular flexibility index (Phi) is 4.34. The van der Waals surface area contributed by atoms with E-state index in [0.717, 1.165) is 23.7 Å². The fourth-order valence-corrected chi connectivity index (χ4v) is 6.39. The molecule has 24 heavy (non-hydrogen) atoms. The lowest BCUT2D eigenvalue weighted by Crippen LogP contribution is -2.41. The molecular formula is C20H30O4. The number of fused-ring (bicyclic) bond motifs is 4. The summed E-state index contributed by atoms with van der Waals surface area (Å²) in [5.41, 5.74) is 0. The molecule has 7 atom stereocenters. The molecule has 0 spiro atoms. The van der Waals surface area contributed by atoms with Crippen LogP contribution in [0.2, 0.25) is 0 Å². The smallest absolute Gasteiger partial charge is 0.320 e. The van der Waals surface area contributed by atoms with Gasteiger partial charge in [0.05, 0.1) is 7.11 Å². The Labute approximate surface area is 144 Å². The van der Waals surface area contributed by atoms with Gasteiger partial charge in [-0.15, -0.1) is 0 Å². The molecule has 0 aromatic heterocycles. The number of esters is 2. The van der Waals surface area contributed by atoms with Crippen molar-refractivity contribution in [3.05, 3.63) is 0 Å². The van der Waals surface area contributed by atoms with Crippen LogP contribution in [0.1, 0.15) is 58.3 Å². The Hall–Kier alpha value is -1.06. The fraction of sp³-hybridized carbons (Fsp3) is 0.900. The van der Waals surface area contributed by atoms with Crippen LogP contribution in [-0.4, -0.2) is 25.2 Å². The van der Waals surface area contributed by atoms with Crippen LogP contribution in [0, 0.1) is 41.4 Å². The van der Waals surface area contributed by atoms with Crippen molar-refractivity contribution >= 4 is 11.9 Å². The van der Waals surface area contributed by atoms with Crippen LogP contribution in [0.25, 0.3) is 0 Å². The second-order valence-electron chi connectivity index (χ2n) is 8.82. The first kappa shape index (κ1) is 16.4. The van der Waals surface area contributed by atoms with Gasteiger partial charge in [-0.1, -0.05) is 12.8 Å². The van der Waals surface area contributed by atoms with Crippen molar-refractivity contribution in [1.29, 1.82) is 0 Å². The molecule has 4 bridgehead atoms. The average Bonchev–Trinajstić information content (AvgIpc) is 3.38. The number of rotatable bonds is 5. The highest BCUT2D eigenvalue weighted by Gasteiger charge is 2.52. The maximum Gasteiger partial charge on any atom is 0.320 e. The molecule has 0 aromatic rings. The lowest BCUT2D eigenvalue weighted by Gasteiger charge is -2.38. The number of hydrogen-bond donors (Lipinski definition) is 0. The molecular weight excluding hydrogens is 304 g/mol. The van der Waals surface area contributed by atoms with Crippen molar-refractivity contribution in [3.63, 3.8) is 0 Å². The van der Waals surface area contributed by atoms with Gasteiger partial charge in [0.1, 0.15) is 6.10 Å². The maximum atomic E-state index is 12.6. The first-order valence-electron chi connectivity index (χ1n) is 9.85. The van der Waals surface area contributed by atoms with Crippen molar-refractivity contribution in [1.82, 2.24) is 0 Å². The molecule has 0 N–H and O–H groups in total. The standard InChI is InChI=1S/C20H30O4/c1-11(19(21)23-2)20(22)24-18(16-9-12-3-5-14(16)7-12)17-10-13-4-6-15(17)8-13/h11-18H,3-10H2,1-2H3. The Balaban J connectivity index is 1.50. The Morgan fingerprint density at radius 3 is 1.75 bits per heavy atom. The summed E-state index contributed by atoms with van der Waals surface area (Å²) in [5.74, 6) is 2.55. The van der Waals surface area contributed by atoms with Gasteiger partial charge in [-0.2, -0.15) is 0 Å². The summed E-state index contributed by atoms with van der Waals surface area (Å²) in [6, 6.07) is 0. The Morgan fingerprint density at radius 2 is 1.38 bits per heavy atom. The molecule has 4 saturated carbocycles.